The molecule has 0 atom stereocenters. The monoisotopic (exact) mass is 341 g/mol. The average molecular weight is 341 g/mol. The van der Waals surface area contributed by atoms with E-state index in [2.05, 4.69) is 37.6 Å². The van der Waals surface area contributed by atoms with Gasteiger partial charge in [-0.1, -0.05) is 60.7 Å². The summed E-state index contributed by atoms with van der Waals surface area (Å²) in [5, 5.41) is 10.7. The van der Waals surface area contributed by atoms with Crippen molar-refractivity contribution in [2.45, 2.75) is 13.5 Å². The van der Waals surface area contributed by atoms with Gasteiger partial charge in [0.2, 0.25) is 5.95 Å². The molecule has 0 spiro atoms. The number of aromatic amines is 1. The fraction of sp³-hybridized carbons (Fsp3) is 0.0952. The van der Waals surface area contributed by atoms with Gasteiger partial charge in [-0.25, -0.2) is 9.97 Å². The van der Waals surface area contributed by atoms with Crippen LogP contribution in [-0.2, 0) is 6.54 Å². The minimum absolute atomic E-state index is 0.580. The second-order valence-corrected chi connectivity index (χ2v) is 6.09. The van der Waals surface area contributed by atoms with Crippen molar-refractivity contribution >= 4 is 5.95 Å². The Morgan fingerprint density at radius 2 is 1.62 bits per heavy atom. The van der Waals surface area contributed by atoms with Crippen LogP contribution in [0, 0.1) is 6.92 Å². The lowest BCUT2D eigenvalue weighted by molar-refractivity contribution is 0.961. The molecule has 0 bridgehead atoms. The van der Waals surface area contributed by atoms with Gasteiger partial charge in [-0.05, 0) is 18.6 Å². The van der Waals surface area contributed by atoms with Crippen LogP contribution in [0.3, 0.4) is 0 Å². The predicted octanol–water partition coefficient (Wildman–Crippen LogP) is 4.45. The summed E-state index contributed by atoms with van der Waals surface area (Å²) in [6.45, 7) is 2.60. The van der Waals surface area contributed by atoms with Gasteiger partial charge in [0.1, 0.15) is 0 Å². The summed E-state index contributed by atoms with van der Waals surface area (Å²) < 4.78 is 0. The van der Waals surface area contributed by atoms with Crippen LogP contribution < -0.4 is 5.32 Å². The molecule has 2 aromatic carbocycles. The number of hydrogen-bond acceptors (Lipinski definition) is 4. The maximum absolute atomic E-state index is 4.67. The van der Waals surface area contributed by atoms with Crippen molar-refractivity contribution in [1.29, 1.82) is 0 Å². The summed E-state index contributed by atoms with van der Waals surface area (Å²) in [5.41, 5.74) is 6.08. The van der Waals surface area contributed by atoms with E-state index in [1.165, 1.54) is 0 Å². The number of aryl methyl sites for hydroxylation is 1. The molecule has 0 aliphatic carbocycles. The Hall–Kier alpha value is -3.47. The molecule has 0 radical (unpaired) electrons. The first-order valence-corrected chi connectivity index (χ1v) is 8.52. The maximum atomic E-state index is 4.67. The number of H-pyrrole nitrogens is 1. The standard InChI is InChI=1S/C21H19N5/c1-15-13-22-21(24-20(15)17-10-6-3-7-11-17)23-14-18-12-19(26-25-18)16-8-4-2-5-9-16/h2-13H,14H2,1H3,(H,25,26)(H,22,23,24). The molecule has 0 fully saturated rings. The van der Waals surface area contributed by atoms with Gasteiger partial charge >= 0.3 is 0 Å². The highest BCUT2D eigenvalue weighted by molar-refractivity contribution is 5.63. The van der Waals surface area contributed by atoms with E-state index in [-0.39, 0.29) is 0 Å². The molecule has 0 amide bonds. The van der Waals surface area contributed by atoms with E-state index >= 15 is 0 Å². The van der Waals surface area contributed by atoms with Crippen molar-refractivity contribution in [2.24, 2.45) is 0 Å². The van der Waals surface area contributed by atoms with Crippen LogP contribution in [0.2, 0.25) is 0 Å². The molecule has 4 rings (SSSR count). The Balaban J connectivity index is 1.50. The lowest BCUT2D eigenvalue weighted by atomic mass is 10.1. The highest BCUT2D eigenvalue weighted by atomic mass is 15.2. The van der Waals surface area contributed by atoms with Crippen molar-refractivity contribution in [1.82, 2.24) is 20.2 Å². The first-order valence-electron chi connectivity index (χ1n) is 8.52. The van der Waals surface area contributed by atoms with E-state index in [4.69, 9.17) is 0 Å². The SMILES string of the molecule is Cc1cnc(NCc2cc(-c3ccccc3)n[nH]2)nc1-c1ccccc1. The van der Waals surface area contributed by atoms with E-state index < -0.39 is 0 Å². The number of aromatic nitrogens is 4. The predicted molar refractivity (Wildman–Crippen MR) is 104 cm³/mol. The van der Waals surface area contributed by atoms with Crippen molar-refractivity contribution in [3.8, 4) is 22.5 Å². The van der Waals surface area contributed by atoms with Gasteiger partial charge < -0.3 is 5.32 Å². The summed E-state index contributed by atoms with van der Waals surface area (Å²) in [6.07, 6.45) is 1.85. The van der Waals surface area contributed by atoms with Gasteiger partial charge in [0, 0.05) is 17.3 Å². The third-order valence-corrected chi connectivity index (χ3v) is 4.16. The summed E-state index contributed by atoms with van der Waals surface area (Å²) in [4.78, 5) is 9.05. The quantitative estimate of drug-likeness (QED) is 0.563. The molecule has 2 heterocycles. The third kappa shape index (κ3) is 3.47. The first-order chi connectivity index (χ1) is 12.8. The molecular formula is C21H19N5. The maximum Gasteiger partial charge on any atom is 0.223 e. The van der Waals surface area contributed by atoms with Gasteiger partial charge in [0.25, 0.3) is 0 Å². The first kappa shape index (κ1) is 16.0. The lowest BCUT2D eigenvalue weighted by Crippen LogP contribution is -2.05. The van der Waals surface area contributed by atoms with E-state index in [0.29, 0.717) is 12.5 Å². The Kier molecular flexibility index (Phi) is 4.43. The second kappa shape index (κ2) is 7.19. The van der Waals surface area contributed by atoms with Crippen molar-refractivity contribution < 1.29 is 0 Å². The number of benzene rings is 2. The topological polar surface area (TPSA) is 66.5 Å². The highest BCUT2D eigenvalue weighted by Gasteiger charge is 2.07. The van der Waals surface area contributed by atoms with Crippen LogP contribution in [-0.4, -0.2) is 20.2 Å². The fourth-order valence-corrected chi connectivity index (χ4v) is 2.80. The molecule has 5 heteroatoms. The number of nitrogens with one attached hydrogen (secondary N) is 2. The Morgan fingerprint density at radius 1 is 0.923 bits per heavy atom. The summed E-state index contributed by atoms with van der Waals surface area (Å²) in [6, 6.07) is 22.3. The summed E-state index contributed by atoms with van der Waals surface area (Å²) in [7, 11) is 0. The molecule has 128 valence electrons. The van der Waals surface area contributed by atoms with Crippen LogP contribution in [0.15, 0.2) is 72.9 Å². The molecule has 2 N–H and O–H groups in total. The molecule has 26 heavy (non-hydrogen) atoms. The third-order valence-electron chi connectivity index (χ3n) is 4.16. The van der Waals surface area contributed by atoms with Gasteiger partial charge in [-0.15, -0.1) is 0 Å². The zero-order valence-corrected chi connectivity index (χ0v) is 14.5. The normalized spacial score (nSPS) is 10.7. The van der Waals surface area contributed by atoms with Crippen LogP contribution in [0.4, 0.5) is 5.95 Å². The minimum atomic E-state index is 0.580. The molecule has 5 nitrogen and oxygen atoms in total. The molecule has 0 aliphatic rings. The van der Waals surface area contributed by atoms with Crippen molar-refractivity contribution in [3.63, 3.8) is 0 Å². The Labute approximate surface area is 152 Å². The molecule has 0 unspecified atom stereocenters. The van der Waals surface area contributed by atoms with Crippen LogP contribution >= 0.6 is 0 Å². The Bertz CT molecular complexity index is 993. The second-order valence-electron chi connectivity index (χ2n) is 6.09. The van der Waals surface area contributed by atoms with Crippen LogP contribution in [0.25, 0.3) is 22.5 Å². The largest absolute Gasteiger partial charge is 0.349 e. The van der Waals surface area contributed by atoms with Gasteiger partial charge in [-0.2, -0.15) is 5.10 Å². The molecule has 0 saturated heterocycles. The number of anilines is 1. The number of nitrogens with zero attached hydrogens (tertiary/aromatic N) is 3. The van der Waals surface area contributed by atoms with E-state index in [1.807, 2.05) is 67.7 Å². The fourth-order valence-electron chi connectivity index (χ4n) is 2.80. The highest BCUT2D eigenvalue weighted by Crippen LogP contribution is 2.22. The zero-order valence-electron chi connectivity index (χ0n) is 14.5. The smallest absolute Gasteiger partial charge is 0.223 e. The molecule has 0 saturated carbocycles. The molecule has 4 aromatic rings. The van der Waals surface area contributed by atoms with Gasteiger partial charge in [-0.3, -0.25) is 5.10 Å². The lowest BCUT2D eigenvalue weighted by Gasteiger charge is -2.08. The van der Waals surface area contributed by atoms with Crippen LogP contribution in [0.1, 0.15) is 11.3 Å². The van der Waals surface area contributed by atoms with E-state index in [9.17, 15) is 0 Å². The average Bonchev–Trinajstić information content (AvgIpc) is 3.18. The van der Waals surface area contributed by atoms with Gasteiger partial charge in [0.05, 0.1) is 23.6 Å². The number of rotatable bonds is 5. The van der Waals surface area contributed by atoms with Crippen molar-refractivity contribution in [2.75, 3.05) is 5.32 Å². The molecule has 0 aliphatic heterocycles. The van der Waals surface area contributed by atoms with Crippen molar-refractivity contribution in [3.05, 3.63) is 84.2 Å². The van der Waals surface area contributed by atoms with E-state index in [0.717, 1.165) is 33.8 Å². The molecule has 2 aromatic heterocycles. The Morgan fingerprint density at radius 3 is 2.35 bits per heavy atom. The summed E-state index contributed by atoms with van der Waals surface area (Å²) >= 11 is 0. The van der Waals surface area contributed by atoms with E-state index in [1.54, 1.807) is 0 Å². The molecular weight excluding hydrogens is 322 g/mol. The van der Waals surface area contributed by atoms with Crippen LogP contribution in [0.5, 0.6) is 0 Å². The van der Waals surface area contributed by atoms with Gasteiger partial charge in [0.15, 0.2) is 0 Å². The minimum Gasteiger partial charge on any atom is -0.349 e. The zero-order chi connectivity index (χ0) is 17.8. The number of hydrogen-bond donors (Lipinski definition) is 2. The summed E-state index contributed by atoms with van der Waals surface area (Å²) in [5.74, 6) is 0.602.